The molecule has 18 heavy (non-hydrogen) atoms. The van der Waals surface area contributed by atoms with Crippen molar-refractivity contribution in [2.45, 2.75) is 39.3 Å². The summed E-state index contributed by atoms with van der Waals surface area (Å²) in [6.45, 7) is 5.36. The Hall–Kier alpha value is -1.35. The second-order valence-electron chi connectivity index (χ2n) is 5.65. The summed E-state index contributed by atoms with van der Waals surface area (Å²) in [6, 6.07) is 8.63. The van der Waals surface area contributed by atoms with Gasteiger partial charge in [-0.05, 0) is 23.0 Å². The Morgan fingerprint density at radius 1 is 1.39 bits per heavy atom. The zero-order valence-corrected chi connectivity index (χ0v) is 11.3. The molecule has 98 valence electrons. The van der Waals surface area contributed by atoms with Crippen molar-refractivity contribution in [3.05, 3.63) is 35.4 Å². The van der Waals surface area contributed by atoms with Crippen molar-refractivity contribution in [1.82, 2.24) is 5.32 Å². The molecule has 0 amide bonds. The number of methoxy groups -OCH3 is 1. The van der Waals surface area contributed by atoms with Crippen LogP contribution in [0.25, 0.3) is 0 Å². The van der Waals surface area contributed by atoms with Gasteiger partial charge in [0.25, 0.3) is 0 Å². The molecule has 0 spiro atoms. The van der Waals surface area contributed by atoms with E-state index in [1.807, 2.05) is 18.2 Å². The van der Waals surface area contributed by atoms with Crippen LogP contribution in [-0.4, -0.2) is 19.1 Å². The van der Waals surface area contributed by atoms with Gasteiger partial charge in [-0.1, -0.05) is 38.1 Å². The molecule has 1 unspecified atom stereocenters. The lowest BCUT2D eigenvalue weighted by Crippen LogP contribution is -2.21. The molecule has 0 saturated heterocycles. The number of esters is 1. The molecule has 1 N–H and O–H groups in total. The number of carbonyl (C=O) groups excluding carboxylic acids is 1. The van der Waals surface area contributed by atoms with Crippen LogP contribution in [0.1, 0.15) is 31.4 Å². The highest BCUT2D eigenvalue weighted by Gasteiger charge is 2.44. The lowest BCUT2D eigenvalue weighted by Gasteiger charge is -2.11. The number of carbonyl (C=O) groups is 1. The maximum Gasteiger partial charge on any atom is 0.309 e. The van der Waals surface area contributed by atoms with Crippen molar-refractivity contribution in [2.75, 3.05) is 7.11 Å². The lowest BCUT2D eigenvalue weighted by molar-refractivity contribution is -0.139. The van der Waals surface area contributed by atoms with Crippen LogP contribution in [0.2, 0.25) is 0 Å². The van der Waals surface area contributed by atoms with Gasteiger partial charge in [0, 0.05) is 12.6 Å². The maximum absolute atomic E-state index is 11.3. The maximum atomic E-state index is 11.3. The number of hydrogen-bond donors (Lipinski definition) is 1. The molecule has 0 aliphatic heterocycles. The lowest BCUT2D eigenvalue weighted by atomic mass is 10.0. The molecule has 3 nitrogen and oxygen atoms in total. The molecular weight excluding hydrogens is 226 g/mol. The molecule has 0 heterocycles. The minimum atomic E-state index is -0.186. The van der Waals surface area contributed by atoms with Crippen molar-refractivity contribution >= 4 is 5.97 Å². The first-order valence-corrected chi connectivity index (χ1v) is 6.40. The van der Waals surface area contributed by atoms with Crippen molar-refractivity contribution in [3.8, 4) is 0 Å². The van der Waals surface area contributed by atoms with E-state index < -0.39 is 0 Å². The first-order chi connectivity index (χ1) is 8.53. The van der Waals surface area contributed by atoms with Crippen LogP contribution in [0.5, 0.6) is 0 Å². The standard InChI is InChI=1S/C15H21NO2/c1-15(2)9-13(15)16-10-12-7-5-4-6-11(12)8-14(17)18-3/h4-7,13,16H,8-10H2,1-3H3. The molecule has 1 aliphatic rings. The van der Waals surface area contributed by atoms with Gasteiger partial charge in [0.15, 0.2) is 0 Å². The highest BCUT2D eigenvalue weighted by Crippen LogP contribution is 2.44. The predicted molar refractivity (Wildman–Crippen MR) is 71.2 cm³/mol. The van der Waals surface area contributed by atoms with E-state index in [1.54, 1.807) is 0 Å². The van der Waals surface area contributed by atoms with Gasteiger partial charge in [0.05, 0.1) is 13.5 Å². The first kappa shape index (κ1) is 13.1. The number of nitrogens with one attached hydrogen (secondary N) is 1. The molecule has 3 heteroatoms. The fourth-order valence-corrected chi connectivity index (χ4v) is 2.18. The zero-order chi connectivity index (χ0) is 13.2. The number of hydrogen-bond acceptors (Lipinski definition) is 3. The van der Waals surface area contributed by atoms with Gasteiger partial charge in [0.2, 0.25) is 0 Å². The van der Waals surface area contributed by atoms with E-state index in [4.69, 9.17) is 4.74 Å². The largest absolute Gasteiger partial charge is 0.469 e. The minimum Gasteiger partial charge on any atom is -0.469 e. The smallest absolute Gasteiger partial charge is 0.309 e. The van der Waals surface area contributed by atoms with Crippen LogP contribution in [0.3, 0.4) is 0 Å². The van der Waals surface area contributed by atoms with Gasteiger partial charge in [-0.25, -0.2) is 0 Å². The predicted octanol–water partition coefficient (Wildman–Crippen LogP) is 2.29. The van der Waals surface area contributed by atoms with E-state index in [-0.39, 0.29) is 5.97 Å². The molecule has 0 bridgehead atoms. The molecule has 0 radical (unpaired) electrons. The van der Waals surface area contributed by atoms with Crippen molar-refractivity contribution in [3.63, 3.8) is 0 Å². The van der Waals surface area contributed by atoms with E-state index >= 15 is 0 Å². The fourth-order valence-electron chi connectivity index (χ4n) is 2.18. The monoisotopic (exact) mass is 247 g/mol. The number of benzene rings is 1. The second kappa shape index (κ2) is 5.11. The van der Waals surface area contributed by atoms with E-state index in [0.29, 0.717) is 17.9 Å². The van der Waals surface area contributed by atoms with Gasteiger partial charge in [0.1, 0.15) is 0 Å². The molecule has 1 aromatic carbocycles. The van der Waals surface area contributed by atoms with Crippen LogP contribution in [0, 0.1) is 5.41 Å². The fraction of sp³-hybridized carbons (Fsp3) is 0.533. The summed E-state index contributed by atoms with van der Waals surface area (Å²) in [5.74, 6) is -0.186. The summed E-state index contributed by atoms with van der Waals surface area (Å²) in [6.07, 6.45) is 1.58. The molecule has 1 aromatic rings. The molecule has 1 fully saturated rings. The van der Waals surface area contributed by atoms with Crippen molar-refractivity contribution < 1.29 is 9.53 Å². The van der Waals surface area contributed by atoms with E-state index in [0.717, 1.165) is 12.1 Å². The molecule has 1 atom stereocenters. The van der Waals surface area contributed by atoms with Crippen molar-refractivity contribution in [2.24, 2.45) is 5.41 Å². The summed E-state index contributed by atoms with van der Waals surface area (Å²) in [7, 11) is 1.43. The average molecular weight is 247 g/mol. The molecule has 2 rings (SSSR count). The Balaban J connectivity index is 1.97. The summed E-state index contributed by atoms with van der Waals surface area (Å²) in [4.78, 5) is 11.3. The van der Waals surface area contributed by atoms with Crippen LogP contribution in [-0.2, 0) is 22.5 Å². The minimum absolute atomic E-state index is 0.186. The summed E-state index contributed by atoms with van der Waals surface area (Å²) < 4.78 is 4.72. The Morgan fingerprint density at radius 3 is 2.56 bits per heavy atom. The zero-order valence-electron chi connectivity index (χ0n) is 11.3. The van der Waals surface area contributed by atoms with Gasteiger partial charge >= 0.3 is 5.97 Å². The Labute approximate surface area is 109 Å². The SMILES string of the molecule is COC(=O)Cc1ccccc1CNC1CC1(C)C. The Kier molecular flexibility index (Phi) is 3.71. The van der Waals surface area contributed by atoms with E-state index in [2.05, 4.69) is 25.2 Å². The third-order valence-corrected chi connectivity index (χ3v) is 3.73. The third-order valence-electron chi connectivity index (χ3n) is 3.73. The molecule has 1 aliphatic carbocycles. The van der Waals surface area contributed by atoms with Crippen LogP contribution < -0.4 is 5.32 Å². The average Bonchev–Trinajstić information content (AvgIpc) is 2.96. The summed E-state index contributed by atoms with van der Waals surface area (Å²) in [5.41, 5.74) is 2.66. The van der Waals surface area contributed by atoms with Crippen LogP contribution >= 0.6 is 0 Å². The van der Waals surface area contributed by atoms with Gasteiger partial charge in [-0.15, -0.1) is 0 Å². The third kappa shape index (κ3) is 3.10. The van der Waals surface area contributed by atoms with Crippen LogP contribution in [0.4, 0.5) is 0 Å². The topological polar surface area (TPSA) is 38.3 Å². The Bertz CT molecular complexity index is 440. The van der Waals surface area contributed by atoms with E-state index in [9.17, 15) is 4.79 Å². The van der Waals surface area contributed by atoms with Gasteiger partial charge < -0.3 is 10.1 Å². The second-order valence-corrected chi connectivity index (χ2v) is 5.65. The number of ether oxygens (including phenoxy) is 1. The van der Waals surface area contributed by atoms with Gasteiger partial charge in [-0.3, -0.25) is 4.79 Å². The van der Waals surface area contributed by atoms with Crippen molar-refractivity contribution in [1.29, 1.82) is 0 Å². The molecule has 0 aromatic heterocycles. The highest BCUT2D eigenvalue weighted by atomic mass is 16.5. The molecule has 1 saturated carbocycles. The highest BCUT2D eigenvalue weighted by molar-refractivity contribution is 5.72. The summed E-state index contributed by atoms with van der Waals surface area (Å²) in [5, 5.41) is 3.54. The quantitative estimate of drug-likeness (QED) is 0.811. The van der Waals surface area contributed by atoms with Gasteiger partial charge in [-0.2, -0.15) is 0 Å². The first-order valence-electron chi connectivity index (χ1n) is 6.40. The summed E-state index contributed by atoms with van der Waals surface area (Å²) >= 11 is 0. The normalized spacial score (nSPS) is 20.5. The Morgan fingerprint density at radius 2 is 2.00 bits per heavy atom. The van der Waals surface area contributed by atoms with E-state index in [1.165, 1.54) is 19.1 Å². The number of rotatable bonds is 5. The molecular formula is C15H21NO2. The van der Waals surface area contributed by atoms with Crippen LogP contribution in [0.15, 0.2) is 24.3 Å².